The van der Waals surface area contributed by atoms with Crippen molar-refractivity contribution in [2.45, 2.75) is 36.2 Å². The zero-order valence-electron chi connectivity index (χ0n) is 15.0. The van der Waals surface area contributed by atoms with Gasteiger partial charge in [-0.2, -0.15) is 0 Å². The number of hydrogen-bond donors (Lipinski definition) is 1. The van der Waals surface area contributed by atoms with Crippen LogP contribution >= 0.6 is 11.8 Å². The molecule has 1 aliphatic carbocycles. The van der Waals surface area contributed by atoms with Gasteiger partial charge in [0.1, 0.15) is 0 Å². The van der Waals surface area contributed by atoms with Crippen molar-refractivity contribution in [3.8, 4) is 11.4 Å². The summed E-state index contributed by atoms with van der Waals surface area (Å²) in [6, 6.07) is 7.32. The molecule has 28 heavy (non-hydrogen) atoms. The first-order chi connectivity index (χ1) is 13.5. The molecule has 1 N–H and O–H groups in total. The quantitative estimate of drug-likeness (QED) is 0.631. The van der Waals surface area contributed by atoms with Gasteiger partial charge in [-0.1, -0.05) is 11.8 Å². The largest absolute Gasteiger partial charge is 0.325 e. The zero-order valence-corrected chi connectivity index (χ0v) is 15.8. The van der Waals surface area contributed by atoms with Crippen molar-refractivity contribution >= 4 is 23.4 Å². The van der Waals surface area contributed by atoms with Crippen molar-refractivity contribution in [3.63, 3.8) is 0 Å². The number of carbonyl (C=O) groups is 1. The number of nitrogens with zero attached hydrogens (tertiary/aromatic N) is 4. The number of benzene rings is 1. The second-order valence-corrected chi connectivity index (χ2v) is 7.83. The maximum atomic E-state index is 13.3. The maximum Gasteiger partial charge on any atom is 0.237 e. The average Bonchev–Trinajstić information content (AvgIpc) is 3.45. The van der Waals surface area contributed by atoms with E-state index in [0.717, 1.165) is 36.4 Å². The second-order valence-electron chi connectivity index (χ2n) is 6.52. The second kappa shape index (κ2) is 7.67. The topological polar surface area (TPSA) is 72.7 Å². The van der Waals surface area contributed by atoms with Gasteiger partial charge in [0.25, 0.3) is 0 Å². The lowest BCUT2D eigenvalue weighted by Crippen LogP contribution is -2.23. The minimum atomic E-state index is -1.01. The summed E-state index contributed by atoms with van der Waals surface area (Å²) in [5.74, 6) is -1.54. The number of nitrogens with one attached hydrogen (secondary N) is 1. The van der Waals surface area contributed by atoms with Crippen LogP contribution in [-0.4, -0.2) is 30.9 Å². The first kappa shape index (κ1) is 18.5. The van der Waals surface area contributed by atoms with Crippen LogP contribution in [0, 0.1) is 11.6 Å². The number of carbonyl (C=O) groups excluding carboxylic acids is 1. The minimum absolute atomic E-state index is 0.206. The maximum absolute atomic E-state index is 13.3. The molecule has 1 fully saturated rings. The summed E-state index contributed by atoms with van der Waals surface area (Å²) in [4.78, 5) is 16.5. The molecule has 1 atom stereocenters. The highest BCUT2D eigenvalue weighted by Gasteiger charge is 2.31. The number of pyridine rings is 1. The first-order valence-electron chi connectivity index (χ1n) is 8.81. The van der Waals surface area contributed by atoms with E-state index in [2.05, 4.69) is 25.1 Å². The molecule has 1 saturated carbocycles. The average molecular weight is 401 g/mol. The van der Waals surface area contributed by atoms with Gasteiger partial charge >= 0.3 is 0 Å². The molecular formula is C19H17F2N5OS. The lowest BCUT2D eigenvalue weighted by atomic mass is 10.2. The number of rotatable bonds is 6. The van der Waals surface area contributed by atoms with Gasteiger partial charge in [0.2, 0.25) is 5.91 Å². The first-order valence-corrected chi connectivity index (χ1v) is 9.69. The number of halogens is 2. The smallest absolute Gasteiger partial charge is 0.237 e. The Labute approximate surface area is 164 Å². The predicted octanol–water partition coefficient (Wildman–Crippen LogP) is 4.07. The summed E-state index contributed by atoms with van der Waals surface area (Å²) in [7, 11) is 0. The molecule has 6 nitrogen and oxygen atoms in total. The van der Waals surface area contributed by atoms with Crippen molar-refractivity contribution in [3.05, 3.63) is 54.4 Å². The summed E-state index contributed by atoms with van der Waals surface area (Å²) < 4.78 is 28.4. The molecule has 1 aromatic carbocycles. The fraction of sp³-hybridized carbons (Fsp3) is 0.263. The molecule has 144 valence electrons. The van der Waals surface area contributed by atoms with E-state index < -0.39 is 16.9 Å². The lowest BCUT2D eigenvalue weighted by Gasteiger charge is -2.13. The van der Waals surface area contributed by atoms with Gasteiger partial charge in [-0.15, -0.1) is 10.2 Å². The number of amides is 1. The Kier molecular flexibility index (Phi) is 5.08. The van der Waals surface area contributed by atoms with Gasteiger partial charge in [0, 0.05) is 35.8 Å². The van der Waals surface area contributed by atoms with Crippen molar-refractivity contribution in [1.82, 2.24) is 19.7 Å². The van der Waals surface area contributed by atoms with E-state index in [-0.39, 0.29) is 11.6 Å². The highest BCUT2D eigenvalue weighted by Crippen LogP contribution is 2.41. The molecule has 0 radical (unpaired) electrons. The van der Waals surface area contributed by atoms with Gasteiger partial charge in [-0.05, 0) is 44.0 Å². The van der Waals surface area contributed by atoms with E-state index in [4.69, 9.17) is 0 Å². The van der Waals surface area contributed by atoms with Crippen LogP contribution in [0.15, 0.2) is 47.9 Å². The molecule has 0 aliphatic heterocycles. The van der Waals surface area contributed by atoms with E-state index >= 15 is 0 Å². The summed E-state index contributed by atoms with van der Waals surface area (Å²) in [5.41, 5.74) is 1.12. The molecule has 0 unspecified atom stereocenters. The van der Waals surface area contributed by atoms with Crippen LogP contribution in [0.4, 0.5) is 14.5 Å². The Balaban J connectivity index is 1.51. The molecule has 0 bridgehead atoms. The third-order valence-electron chi connectivity index (χ3n) is 4.35. The molecule has 0 saturated heterocycles. The molecule has 1 amide bonds. The monoisotopic (exact) mass is 401 g/mol. The van der Waals surface area contributed by atoms with Crippen molar-refractivity contribution < 1.29 is 13.6 Å². The third-order valence-corrected chi connectivity index (χ3v) is 5.41. The Morgan fingerprint density at radius 3 is 2.61 bits per heavy atom. The van der Waals surface area contributed by atoms with E-state index in [1.165, 1.54) is 17.8 Å². The van der Waals surface area contributed by atoms with Crippen LogP contribution in [0.2, 0.25) is 0 Å². The minimum Gasteiger partial charge on any atom is -0.325 e. The Hall–Kier alpha value is -2.81. The van der Waals surface area contributed by atoms with Crippen LogP contribution < -0.4 is 5.32 Å². The van der Waals surface area contributed by atoms with Crippen molar-refractivity contribution in [2.24, 2.45) is 0 Å². The van der Waals surface area contributed by atoms with E-state index in [0.29, 0.717) is 11.2 Å². The molecule has 1 aliphatic rings. The van der Waals surface area contributed by atoms with Crippen LogP contribution in [0.1, 0.15) is 25.8 Å². The zero-order chi connectivity index (χ0) is 19.7. The molecule has 2 heterocycles. The van der Waals surface area contributed by atoms with Gasteiger partial charge in [-0.25, -0.2) is 8.78 Å². The fourth-order valence-electron chi connectivity index (χ4n) is 2.75. The van der Waals surface area contributed by atoms with Crippen LogP contribution in [-0.2, 0) is 4.79 Å². The molecule has 4 rings (SSSR count). The van der Waals surface area contributed by atoms with Gasteiger partial charge in [0.15, 0.2) is 22.6 Å². The normalized spacial score (nSPS) is 14.7. The number of hydrogen-bond acceptors (Lipinski definition) is 5. The Morgan fingerprint density at radius 2 is 1.93 bits per heavy atom. The highest BCUT2D eigenvalue weighted by atomic mass is 32.2. The number of thioether (sulfide) groups is 1. The van der Waals surface area contributed by atoms with Gasteiger partial charge in [-0.3, -0.25) is 14.3 Å². The summed E-state index contributed by atoms with van der Waals surface area (Å²) in [6.07, 6.45) is 5.48. The summed E-state index contributed by atoms with van der Waals surface area (Å²) in [6.45, 7) is 1.73. The number of aromatic nitrogens is 4. The standard InChI is InChI=1S/C19H17F2N5OS/c1-11(18(27)23-13-2-5-15(20)16(21)10-13)28-19-25-24-17(26(19)14-3-4-14)12-6-8-22-9-7-12/h2,5-11,14H,3-4H2,1H3,(H,23,27)/t11-/m1/s1. The SMILES string of the molecule is C[C@@H](Sc1nnc(-c2ccncc2)n1C1CC1)C(=O)Nc1ccc(F)c(F)c1. The molecule has 0 spiro atoms. The molecular weight excluding hydrogens is 384 g/mol. The Bertz CT molecular complexity index is 1010. The van der Waals surface area contributed by atoms with Crippen molar-refractivity contribution in [1.29, 1.82) is 0 Å². The van der Waals surface area contributed by atoms with E-state index in [1.807, 2.05) is 12.1 Å². The van der Waals surface area contributed by atoms with Crippen LogP contribution in [0.3, 0.4) is 0 Å². The summed E-state index contributed by atoms with van der Waals surface area (Å²) >= 11 is 1.28. The predicted molar refractivity (Wildman–Crippen MR) is 102 cm³/mol. The van der Waals surface area contributed by atoms with Gasteiger partial charge < -0.3 is 5.32 Å². The van der Waals surface area contributed by atoms with Crippen LogP contribution in [0.25, 0.3) is 11.4 Å². The van der Waals surface area contributed by atoms with Crippen molar-refractivity contribution in [2.75, 3.05) is 5.32 Å². The fourth-order valence-corrected chi connectivity index (χ4v) is 3.67. The van der Waals surface area contributed by atoms with Crippen LogP contribution in [0.5, 0.6) is 0 Å². The summed E-state index contributed by atoms with van der Waals surface area (Å²) in [5, 5.41) is 11.3. The molecule has 3 aromatic rings. The lowest BCUT2D eigenvalue weighted by molar-refractivity contribution is -0.115. The highest BCUT2D eigenvalue weighted by molar-refractivity contribution is 8.00. The van der Waals surface area contributed by atoms with E-state index in [9.17, 15) is 13.6 Å². The Morgan fingerprint density at radius 1 is 1.18 bits per heavy atom. The molecule has 2 aromatic heterocycles. The number of anilines is 1. The third kappa shape index (κ3) is 3.89. The van der Waals surface area contributed by atoms with Gasteiger partial charge in [0.05, 0.1) is 5.25 Å². The molecule has 9 heteroatoms. The van der Waals surface area contributed by atoms with E-state index in [1.54, 1.807) is 19.3 Å².